The van der Waals surface area contributed by atoms with Gasteiger partial charge in [-0.3, -0.25) is 0 Å². The van der Waals surface area contributed by atoms with Crippen molar-refractivity contribution >= 4 is 12.4 Å². The summed E-state index contributed by atoms with van der Waals surface area (Å²) < 4.78 is 5.25. The maximum absolute atomic E-state index is 6.44. The highest BCUT2D eigenvalue weighted by Gasteiger charge is 2.46. The summed E-state index contributed by atoms with van der Waals surface area (Å²) in [7, 11) is 1.69. The Morgan fingerprint density at radius 3 is 2.44 bits per heavy atom. The molecule has 0 saturated heterocycles. The minimum absolute atomic E-state index is 0. The number of fused-ring (bicyclic) bond motifs is 1. The molecule has 16 heavy (non-hydrogen) atoms. The topological polar surface area (TPSA) is 35.2 Å². The van der Waals surface area contributed by atoms with Crippen molar-refractivity contribution in [3.05, 3.63) is 29.3 Å². The summed E-state index contributed by atoms with van der Waals surface area (Å²) in [6.45, 7) is 6.55. The average molecular weight is 242 g/mol. The lowest BCUT2D eigenvalue weighted by atomic mass is 9.75. The highest BCUT2D eigenvalue weighted by atomic mass is 35.5. The van der Waals surface area contributed by atoms with Gasteiger partial charge in [0.1, 0.15) is 5.75 Å². The maximum Gasteiger partial charge on any atom is 0.119 e. The van der Waals surface area contributed by atoms with E-state index in [4.69, 9.17) is 10.5 Å². The van der Waals surface area contributed by atoms with Crippen molar-refractivity contribution in [3.63, 3.8) is 0 Å². The average Bonchev–Trinajstić information content (AvgIpc) is 2.34. The van der Waals surface area contributed by atoms with Crippen molar-refractivity contribution < 1.29 is 4.74 Å². The van der Waals surface area contributed by atoms with E-state index in [1.54, 1.807) is 7.11 Å². The minimum Gasteiger partial charge on any atom is -0.497 e. The SMILES string of the molecule is COc1ccc2c(c1)C(C)(N)C(C)(C)C2.Cl. The van der Waals surface area contributed by atoms with Crippen molar-refractivity contribution in [1.82, 2.24) is 0 Å². The number of methoxy groups -OCH3 is 1. The summed E-state index contributed by atoms with van der Waals surface area (Å²) in [6, 6.07) is 6.22. The molecule has 0 spiro atoms. The second-order valence-corrected chi connectivity index (χ2v) is 5.29. The number of benzene rings is 1. The molecule has 1 aromatic rings. The van der Waals surface area contributed by atoms with E-state index in [-0.39, 0.29) is 23.4 Å². The highest BCUT2D eigenvalue weighted by molar-refractivity contribution is 5.85. The molecule has 0 saturated carbocycles. The smallest absolute Gasteiger partial charge is 0.119 e. The third kappa shape index (κ3) is 1.70. The van der Waals surface area contributed by atoms with Crippen molar-refractivity contribution in [2.75, 3.05) is 7.11 Å². The minimum atomic E-state index is -0.267. The molecule has 1 aliphatic rings. The second-order valence-electron chi connectivity index (χ2n) is 5.29. The van der Waals surface area contributed by atoms with Gasteiger partial charge in [-0.1, -0.05) is 19.9 Å². The number of hydrogen-bond acceptors (Lipinski definition) is 2. The molecule has 0 fully saturated rings. The lowest BCUT2D eigenvalue weighted by Gasteiger charge is -2.35. The first-order valence-corrected chi connectivity index (χ1v) is 5.35. The van der Waals surface area contributed by atoms with Gasteiger partial charge in [-0.25, -0.2) is 0 Å². The van der Waals surface area contributed by atoms with Gasteiger partial charge < -0.3 is 10.5 Å². The predicted molar refractivity (Wildman–Crippen MR) is 69.3 cm³/mol. The molecule has 0 aliphatic heterocycles. The second kappa shape index (κ2) is 3.94. The van der Waals surface area contributed by atoms with Gasteiger partial charge in [-0.2, -0.15) is 0 Å². The van der Waals surface area contributed by atoms with Crippen LogP contribution in [0.4, 0.5) is 0 Å². The van der Waals surface area contributed by atoms with Crippen LogP contribution in [0.3, 0.4) is 0 Å². The van der Waals surface area contributed by atoms with Gasteiger partial charge in [0, 0.05) is 5.54 Å². The number of hydrogen-bond donors (Lipinski definition) is 1. The first kappa shape index (κ1) is 13.3. The molecule has 2 nitrogen and oxygen atoms in total. The first-order valence-electron chi connectivity index (χ1n) is 5.35. The lowest BCUT2D eigenvalue weighted by molar-refractivity contribution is 0.211. The third-order valence-electron chi connectivity index (χ3n) is 3.91. The molecule has 1 atom stereocenters. The van der Waals surface area contributed by atoms with Crippen LogP contribution in [0.5, 0.6) is 5.75 Å². The molecule has 1 aromatic carbocycles. The summed E-state index contributed by atoms with van der Waals surface area (Å²) in [5.74, 6) is 0.892. The van der Waals surface area contributed by atoms with Crippen molar-refractivity contribution in [2.24, 2.45) is 11.1 Å². The van der Waals surface area contributed by atoms with Gasteiger partial charge in [0.2, 0.25) is 0 Å². The molecule has 0 bridgehead atoms. The molecule has 2 N–H and O–H groups in total. The maximum atomic E-state index is 6.44. The van der Waals surface area contributed by atoms with E-state index in [1.165, 1.54) is 11.1 Å². The Bertz CT molecular complexity index is 399. The zero-order valence-corrected chi connectivity index (χ0v) is 11.1. The van der Waals surface area contributed by atoms with Crippen LogP contribution in [0.1, 0.15) is 31.9 Å². The van der Waals surface area contributed by atoms with Gasteiger partial charge in [0.25, 0.3) is 0 Å². The normalized spacial score (nSPS) is 25.8. The number of rotatable bonds is 1. The molecule has 2 rings (SSSR count). The molecule has 0 aromatic heterocycles. The summed E-state index contributed by atoms with van der Waals surface area (Å²) >= 11 is 0. The van der Waals surface area contributed by atoms with Crippen LogP contribution in [0, 0.1) is 5.41 Å². The molecule has 0 amide bonds. The zero-order valence-electron chi connectivity index (χ0n) is 10.3. The van der Waals surface area contributed by atoms with E-state index in [2.05, 4.69) is 32.9 Å². The zero-order chi connectivity index (χ0) is 11.3. The molecule has 0 heterocycles. The molecule has 90 valence electrons. The van der Waals surface area contributed by atoms with Crippen LogP contribution in [-0.4, -0.2) is 7.11 Å². The van der Waals surface area contributed by atoms with Crippen LogP contribution in [0.25, 0.3) is 0 Å². The van der Waals surface area contributed by atoms with Crippen LogP contribution in [0.15, 0.2) is 18.2 Å². The Morgan fingerprint density at radius 2 is 1.88 bits per heavy atom. The van der Waals surface area contributed by atoms with Gasteiger partial charge >= 0.3 is 0 Å². The third-order valence-corrected chi connectivity index (χ3v) is 3.91. The lowest BCUT2D eigenvalue weighted by Crippen LogP contribution is -2.43. The number of ether oxygens (including phenoxy) is 1. The quantitative estimate of drug-likeness (QED) is 0.821. The van der Waals surface area contributed by atoms with Crippen molar-refractivity contribution in [1.29, 1.82) is 0 Å². The summed E-state index contributed by atoms with van der Waals surface area (Å²) in [4.78, 5) is 0. The van der Waals surface area contributed by atoms with E-state index in [1.807, 2.05) is 6.07 Å². The molecular formula is C13H20ClNO. The number of nitrogens with two attached hydrogens (primary N) is 1. The Hall–Kier alpha value is -0.730. The van der Waals surface area contributed by atoms with Gasteiger partial charge in [-0.05, 0) is 42.0 Å². The van der Waals surface area contributed by atoms with E-state index < -0.39 is 0 Å². The Labute approximate surface area is 104 Å². The van der Waals surface area contributed by atoms with Crippen LogP contribution in [0.2, 0.25) is 0 Å². The Morgan fingerprint density at radius 1 is 1.25 bits per heavy atom. The molecular weight excluding hydrogens is 222 g/mol. The summed E-state index contributed by atoms with van der Waals surface area (Å²) in [5.41, 5.74) is 8.86. The van der Waals surface area contributed by atoms with Crippen LogP contribution >= 0.6 is 12.4 Å². The van der Waals surface area contributed by atoms with Gasteiger partial charge in [0.05, 0.1) is 7.11 Å². The van der Waals surface area contributed by atoms with Crippen LogP contribution < -0.4 is 10.5 Å². The van der Waals surface area contributed by atoms with E-state index in [0.717, 1.165) is 12.2 Å². The highest BCUT2D eigenvalue weighted by Crippen LogP contribution is 2.48. The van der Waals surface area contributed by atoms with Gasteiger partial charge in [-0.15, -0.1) is 12.4 Å². The van der Waals surface area contributed by atoms with E-state index in [9.17, 15) is 0 Å². The molecule has 0 radical (unpaired) electrons. The fourth-order valence-electron chi connectivity index (χ4n) is 2.34. The van der Waals surface area contributed by atoms with Crippen LogP contribution in [-0.2, 0) is 12.0 Å². The standard InChI is InChI=1S/C13H19NO.ClH/c1-12(2)8-9-5-6-10(15-4)7-11(9)13(12,3)14;/h5-7H,8,14H2,1-4H3;1H. The fraction of sp³-hybridized carbons (Fsp3) is 0.538. The number of halogens is 1. The molecule has 3 heteroatoms. The monoisotopic (exact) mass is 241 g/mol. The van der Waals surface area contributed by atoms with Crippen molar-refractivity contribution in [2.45, 2.75) is 32.7 Å². The molecule has 1 unspecified atom stereocenters. The van der Waals surface area contributed by atoms with Gasteiger partial charge in [0.15, 0.2) is 0 Å². The van der Waals surface area contributed by atoms with E-state index >= 15 is 0 Å². The first-order chi connectivity index (χ1) is 6.88. The Kier molecular flexibility index (Phi) is 3.28. The summed E-state index contributed by atoms with van der Waals surface area (Å²) in [6.07, 6.45) is 1.04. The molecule has 1 aliphatic carbocycles. The Balaban J connectivity index is 0.00000128. The largest absolute Gasteiger partial charge is 0.497 e. The van der Waals surface area contributed by atoms with Crippen molar-refractivity contribution in [3.8, 4) is 5.75 Å². The predicted octanol–water partition coefficient (Wildman–Crippen LogP) is 2.87. The summed E-state index contributed by atoms with van der Waals surface area (Å²) in [5, 5.41) is 0. The fourth-order valence-corrected chi connectivity index (χ4v) is 2.34. The van der Waals surface area contributed by atoms with E-state index in [0.29, 0.717) is 0 Å².